The highest BCUT2D eigenvalue weighted by Gasteiger charge is 2.05. The Hall–Kier alpha value is -2.34. The smallest absolute Gasteiger partial charge is 0.0178 e. The molecule has 0 saturated carbocycles. The lowest BCUT2D eigenvalue weighted by Crippen LogP contribution is -1.92. The van der Waals surface area contributed by atoms with E-state index >= 15 is 0 Å². The van der Waals surface area contributed by atoms with Gasteiger partial charge in [0.1, 0.15) is 0 Å². The first-order chi connectivity index (χ1) is 12.5. The van der Waals surface area contributed by atoms with Crippen molar-refractivity contribution in [2.45, 2.75) is 52.9 Å². The number of benzene rings is 3. The lowest BCUT2D eigenvalue weighted by molar-refractivity contribution is 0.675. The van der Waals surface area contributed by atoms with Crippen LogP contribution in [-0.2, 0) is 6.42 Å². The van der Waals surface area contributed by atoms with Crippen LogP contribution < -0.4 is 0 Å². The zero-order valence-electron chi connectivity index (χ0n) is 16.4. The van der Waals surface area contributed by atoms with E-state index in [9.17, 15) is 0 Å². The molecule has 0 N–H and O–H groups in total. The summed E-state index contributed by atoms with van der Waals surface area (Å²) in [7, 11) is 0. The summed E-state index contributed by atoms with van der Waals surface area (Å²) in [4.78, 5) is 0. The fourth-order valence-electron chi connectivity index (χ4n) is 3.58. The first kappa shape index (κ1) is 18.5. The summed E-state index contributed by atoms with van der Waals surface area (Å²) in [6, 6.07) is 20.4. The second kappa shape index (κ2) is 8.36. The van der Waals surface area contributed by atoms with Crippen molar-refractivity contribution in [3.8, 4) is 11.1 Å². The van der Waals surface area contributed by atoms with Crippen molar-refractivity contribution >= 4 is 10.8 Å². The molecule has 3 aromatic carbocycles. The summed E-state index contributed by atoms with van der Waals surface area (Å²) in [6.07, 6.45) is 6.14. The molecule has 0 aliphatic carbocycles. The third-order valence-electron chi connectivity index (χ3n) is 5.23. The minimum Gasteiger partial charge on any atom is -0.100 e. The number of allylic oxidation sites excluding steroid dienone is 1. The number of rotatable bonds is 7. The Morgan fingerprint density at radius 3 is 2.27 bits per heavy atom. The molecule has 0 heterocycles. The van der Waals surface area contributed by atoms with Crippen molar-refractivity contribution in [1.82, 2.24) is 0 Å². The Balaban J connectivity index is 1.76. The fourth-order valence-corrected chi connectivity index (χ4v) is 3.58. The number of hydrogen-bond acceptors (Lipinski definition) is 0. The molecule has 0 heteroatoms. The third kappa shape index (κ3) is 4.64. The third-order valence-corrected chi connectivity index (χ3v) is 5.23. The number of fused-ring (bicyclic) bond motifs is 1. The van der Waals surface area contributed by atoms with Gasteiger partial charge in [-0.3, -0.25) is 0 Å². The largest absolute Gasteiger partial charge is 0.100 e. The van der Waals surface area contributed by atoms with Crippen LogP contribution in [0, 0.1) is 13.8 Å². The van der Waals surface area contributed by atoms with Gasteiger partial charge < -0.3 is 0 Å². The minimum atomic E-state index is 1.16. The van der Waals surface area contributed by atoms with E-state index in [1.165, 1.54) is 69.8 Å². The number of unbranched alkanes of at least 4 members (excludes halogenated alkanes) is 2. The molecular formula is C26H30. The van der Waals surface area contributed by atoms with Crippen LogP contribution in [0.15, 0.2) is 66.7 Å². The molecule has 134 valence electrons. The van der Waals surface area contributed by atoms with Gasteiger partial charge in [0, 0.05) is 0 Å². The standard InChI is InChI=1S/C26H30/c1-19(2)8-6-5-7-9-22-17-25(13-11-21(22)4)26-15-14-23-16-20(3)10-12-24(23)18-26/h10-18H,1,5-9H2,2-4H3. The van der Waals surface area contributed by atoms with Crippen molar-refractivity contribution in [1.29, 1.82) is 0 Å². The van der Waals surface area contributed by atoms with E-state index in [2.05, 4.69) is 81.9 Å². The molecule has 0 atom stereocenters. The molecule has 26 heavy (non-hydrogen) atoms. The Morgan fingerprint density at radius 2 is 1.46 bits per heavy atom. The lowest BCUT2D eigenvalue weighted by Gasteiger charge is -2.11. The van der Waals surface area contributed by atoms with E-state index in [0.29, 0.717) is 0 Å². The molecule has 0 amide bonds. The first-order valence-electron chi connectivity index (χ1n) is 9.77. The van der Waals surface area contributed by atoms with Gasteiger partial charge in [0.15, 0.2) is 0 Å². The van der Waals surface area contributed by atoms with Crippen LogP contribution in [0.1, 0.15) is 49.3 Å². The molecule has 0 aliphatic rings. The van der Waals surface area contributed by atoms with Crippen molar-refractivity contribution in [2.24, 2.45) is 0 Å². The van der Waals surface area contributed by atoms with E-state index in [1.54, 1.807) is 0 Å². The van der Waals surface area contributed by atoms with E-state index in [-0.39, 0.29) is 0 Å². The molecule has 0 saturated heterocycles. The molecule has 0 bridgehead atoms. The van der Waals surface area contributed by atoms with Gasteiger partial charge in [0.2, 0.25) is 0 Å². The maximum Gasteiger partial charge on any atom is -0.0178 e. The summed E-state index contributed by atoms with van der Waals surface area (Å²) in [6.45, 7) is 10.5. The Labute approximate surface area is 158 Å². The summed E-state index contributed by atoms with van der Waals surface area (Å²) in [5.41, 5.74) is 8.15. The molecule has 0 unspecified atom stereocenters. The predicted octanol–water partition coefficient (Wildman–Crippen LogP) is 7.80. The summed E-state index contributed by atoms with van der Waals surface area (Å²) >= 11 is 0. The molecule has 0 aromatic heterocycles. The molecular weight excluding hydrogens is 312 g/mol. The monoisotopic (exact) mass is 342 g/mol. The molecule has 3 rings (SSSR count). The van der Waals surface area contributed by atoms with Gasteiger partial charge in [-0.25, -0.2) is 0 Å². The van der Waals surface area contributed by atoms with Gasteiger partial charge in [-0.2, -0.15) is 0 Å². The average Bonchev–Trinajstić information content (AvgIpc) is 2.62. The van der Waals surface area contributed by atoms with Crippen LogP contribution in [0.3, 0.4) is 0 Å². The molecule has 0 radical (unpaired) electrons. The van der Waals surface area contributed by atoms with Gasteiger partial charge in [0.25, 0.3) is 0 Å². The molecule has 0 spiro atoms. The Bertz CT molecular complexity index is 914. The number of aryl methyl sites for hydroxylation is 3. The second-order valence-electron chi connectivity index (χ2n) is 7.72. The Kier molecular flexibility index (Phi) is 5.93. The minimum absolute atomic E-state index is 1.16. The van der Waals surface area contributed by atoms with Gasteiger partial charge >= 0.3 is 0 Å². The zero-order chi connectivity index (χ0) is 18.5. The maximum atomic E-state index is 4.00. The van der Waals surface area contributed by atoms with Crippen LogP contribution in [0.4, 0.5) is 0 Å². The highest BCUT2D eigenvalue weighted by molar-refractivity contribution is 5.87. The summed E-state index contributed by atoms with van der Waals surface area (Å²) in [5, 5.41) is 2.63. The van der Waals surface area contributed by atoms with Crippen LogP contribution in [0.2, 0.25) is 0 Å². The molecule has 0 nitrogen and oxygen atoms in total. The van der Waals surface area contributed by atoms with Crippen molar-refractivity contribution < 1.29 is 0 Å². The predicted molar refractivity (Wildman–Crippen MR) is 116 cm³/mol. The summed E-state index contributed by atoms with van der Waals surface area (Å²) in [5.74, 6) is 0. The van der Waals surface area contributed by atoms with Gasteiger partial charge in [-0.1, -0.05) is 66.1 Å². The van der Waals surface area contributed by atoms with E-state index in [1.807, 2.05) is 0 Å². The van der Waals surface area contributed by atoms with Crippen LogP contribution >= 0.6 is 0 Å². The fraction of sp³-hybridized carbons (Fsp3) is 0.308. The van der Waals surface area contributed by atoms with Crippen LogP contribution in [0.25, 0.3) is 21.9 Å². The van der Waals surface area contributed by atoms with Gasteiger partial charge in [-0.15, -0.1) is 6.58 Å². The highest BCUT2D eigenvalue weighted by Crippen LogP contribution is 2.27. The van der Waals surface area contributed by atoms with Crippen LogP contribution in [-0.4, -0.2) is 0 Å². The molecule has 0 aliphatic heterocycles. The van der Waals surface area contributed by atoms with Crippen molar-refractivity contribution in [3.63, 3.8) is 0 Å². The van der Waals surface area contributed by atoms with Gasteiger partial charge in [0.05, 0.1) is 0 Å². The summed E-state index contributed by atoms with van der Waals surface area (Å²) < 4.78 is 0. The maximum absolute atomic E-state index is 4.00. The Morgan fingerprint density at radius 1 is 0.769 bits per heavy atom. The second-order valence-corrected chi connectivity index (χ2v) is 7.72. The number of hydrogen-bond donors (Lipinski definition) is 0. The topological polar surface area (TPSA) is 0 Å². The van der Waals surface area contributed by atoms with E-state index < -0.39 is 0 Å². The lowest BCUT2D eigenvalue weighted by atomic mass is 9.94. The van der Waals surface area contributed by atoms with Crippen LogP contribution in [0.5, 0.6) is 0 Å². The SMILES string of the molecule is C=C(C)CCCCCc1cc(-c2ccc3cc(C)ccc3c2)ccc1C. The normalized spacial score (nSPS) is 11.0. The molecule has 0 fully saturated rings. The van der Waals surface area contributed by atoms with E-state index in [4.69, 9.17) is 0 Å². The highest BCUT2D eigenvalue weighted by atomic mass is 14.1. The van der Waals surface area contributed by atoms with E-state index in [0.717, 1.165) is 6.42 Å². The first-order valence-corrected chi connectivity index (χ1v) is 9.77. The van der Waals surface area contributed by atoms with Crippen molar-refractivity contribution in [3.05, 3.63) is 83.4 Å². The quantitative estimate of drug-likeness (QED) is 0.303. The average molecular weight is 343 g/mol. The van der Waals surface area contributed by atoms with Crippen molar-refractivity contribution in [2.75, 3.05) is 0 Å². The zero-order valence-corrected chi connectivity index (χ0v) is 16.4. The van der Waals surface area contributed by atoms with Gasteiger partial charge in [-0.05, 0) is 85.5 Å². The molecule has 3 aromatic rings.